The molecule has 0 bridgehead atoms. The first kappa shape index (κ1) is 18.1. The topological polar surface area (TPSA) is 55.4 Å². The molecule has 0 amide bonds. The van der Waals surface area contributed by atoms with Crippen molar-refractivity contribution < 1.29 is 13.2 Å². The normalized spacial score (nSPS) is 11.5. The average Bonchev–Trinajstić information content (AvgIpc) is 2.50. The van der Waals surface area contributed by atoms with Gasteiger partial charge in [0.25, 0.3) is 0 Å². The number of halogens is 2. The number of ether oxygens (including phenoxy) is 1. The fourth-order valence-electron chi connectivity index (χ4n) is 2.03. The third-order valence-corrected chi connectivity index (χ3v) is 5.50. The molecule has 1 N–H and O–H groups in total. The SMILES string of the molecule is CCOc1ccccc1CNS(=O)(=O)c1cc(C)c(Cl)cc1Cl. The van der Waals surface area contributed by atoms with Crippen LogP contribution < -0.4 is 9.46 Å². The van der Waals surface area contributed by atoms with Crippen LogP contribution in [-0.4, -0.2) is 15.0 Å². The molecule has 0 fully saturated rings. The molecule has 124 valence electrons. The van der Waals surface area contributed by atoms with Gasteiger partial charge in [-0.25, -0.2) is 13.1 Å². The molecule has 0 aliphatic heterocycles. The second-order valence-electron chi connectivity index (χ2n) is 4.90. The standard InChI is InChI=1S/C16H17Cl2NO3S/c1-3-22-15-7-5-4-6-12(15)10-19-23(20,21)16-8-11(2)13(17)9-14(16)18/h4-9,19H,3,10H2,1-2H3. The van der Waals surface area contributed by atoms with E-state index in [4.69, 9.17) is 27.9 Å². The Hall–Kier alpha value is -1.27. The number of sulfonamides is 1. The van der Waals surface area contributed by atoms with Gasteiger partial charge in [-0.2, -0.15) is 0 Å². The van der Waals surface area contributed by atoms with Crippen molar-refractivity contribution in [2.75, 3.05) is 6.61 Å². The first-order valence-electron chi connectivity index (χ1n) is 7.01. The molecule has 0 radical (unpaired) electrons. The lowest BCUT2D eigenvalue weighted by molar-refractivity contribution is 0.336. The Morgan fingerprint density at radius 2 is 1.83 bits per heavy atom. The summed E-state index contributed by atoms with van der Waals surface area (Å²) in [6.07, 6.45) is 0. The Kier molecular flexibility index (Phi) is 5.92. The third-order valence-electron chi connectivity index (χ3n) is 3.23. The van der Waals surface area contributed by atoms with Crippen LogP contribution in [0.25, 0.3) is 0 Å². The molecule has 0 saturated carbocycles. The van der Waals surface area contributed by atoms with Crippen LogP contribution in [0.4, 0.5) is 0 Å². The van der Waals surface area contributed by atoms with Crippen LogP contribution in [0.2, 0.25) is 10.0 Å². The highest BCUT2D eigenvalue weighted by atomic mass is 35.5. The summed E-state index contributed by atoms with van der Waals surface area (Å²) in [7, 11) is -3.76. The van der Waals surface area contributed by atoms with E-state index in [2.05, 4.69) is 4.72 Å². The van der Waals surface area contributed by atoms with E-state index in [0.29, 0.717) is 22.9 Å². The number of nitrogens with one attached hydrogen (secondary N) is 1. The number of benzene rings is 2. The zero-order valence-corrected chi connectivity index (χ0v) is 15.1. The summed E-state index contributed by atoms with van der Waals surface area (Å²) >= 11 is 12.0. The number of aryl methyl sites for hydroxylation is 1. The number of para-hydroxylation sites is 1. The van der Waals surface area contributed by atoms with E-state index in [1.165, 1.54) is 12.1 Å². The molecule has 7 heteroatoms. The molecular formula is C16H17Cl2NO3S. The van der Waals surface area contributed by atoms with Gasteiger partial charge in [-0.15, -0.1) is 0 Å². The summed E-state index contributed by atoms with van der Waals surface area (Å²) in [4.78, 5) is 0.00922. The van der Waals surface area contributed by atoms with E-state index in [9.17, 15) is 8.42 Å². The van der Waals surface area contributed by atoms with Crippen molar-refractivity contribution >= 4 is 33.2 Å². The minimum Gasteiger partial charge on any atom is -0.494 e. The van der Waals surface area contributed by atoms with E-state index in [1.807, 2.05) is 25.1 Å². The highest BCUT2D eigenvalue weighted by molar-refractivity contribution is 7.89. The van der Waals surface area contributed by atoms with E-state index in [1.54, 1.807) is 13.0 Å². The minimum absolute atomic E-state index is 0.00922. The molecule has 0 spiro atoms. The Morgan fingerprint density at radius 3 is 2.52 bits per heavy atom. The fourth-order valence-corrected chi connectivity index (χ4v) is 3.87. The van der Waals surface area contributed by atoms with Gasteiger partial charge in [0.1, 0.15) is 10.6 Å². The van der Waals surface area contributed by atoms with Crippen LogP contribution in [0.1, 0.15) is 18.1 Å². The van der Waals surface area contributed by atoms with Crippen molar-refractivity contribution in [3.63, 3.8) is 0 Å². The van der Waals surface area contributed by atoms with Crippen LogP contribution >= 0.6 is 23.2 Å². The second-order valence-corrected chi connectivity index (χ2v) is 7.45. The van der Waals surface area contributed by atoms with Gasteiger partial charge in [0.15, 0.2) is 0 Å². The quantitative estimate of drug-likeness (QED) is 0.825. The number of hydrogen-bond donors (Lipinski definition) is 1. The van der Waals surface area contributed by atoms with Crippen molar-refractivity contribution in [3.05, 3.63) is 57.6 Å². The minimum atomic E-state index is -3.76. The maximum atomic E-state index is 12.5. The summed E-state index contributed by atoms with van der Waals surface area (Å²) in [5.74, 6) is 0.649. The molecule has 0 aromatic heterocycles. The van der Waals surface area contributed by atoms with Gasteiger partial charge in [-0.3, -0.25) is 0 Å². The molecule has 4 nitrogen and oxygen atoms in total. The Morgan fingerprint density at radius 1 is 1.13 bits per heavy atom. The van der Waals surface area contributed by atoms with Gasteiger partial charge in [0.2, 0.25) is 10.0 Å². The molecule has 0 aliphatic rings. The smallest absolute Gasteiger partial charge is 0.242 e. The number of hydrogen-bond acceptors (Lipinski definition) is 3. The zero-order chi connectivity index (χ0) is 17.0. The van der Waals surface area contributed by atoms with Crippen LogP contribution in [-0.2, 0) is 16.6 Å². The Balaban J connectivity index is 2.25. The first-order valence-corrected chi connectivity index (χ1v) is 9.25. The molecule has 2 rings (SSSR count). The van der Waals surface area contributed by atoms with E-state index in [-0.39, 0.29) is 16.5 Å². The van der Waals surface area contributed by atoms with Gasteiger partial charge < -0.3 is 4.74 Å². The lowest BCUT2D eigenvalue weighted by Crippen LogP contribution is -2.24. The van der Waals surface area contributed by atoms with Crippen molar-refractivity contribution in [2.24, 2.45) is 0 Å². The molecule has 0 saturated heterocycles. The highest BCUT2D eigenvalue weighted by Gasteiger charge is 2.19. The Labute approximate surface area is 146 Å². The lowest BCUT2D eigenvalue weighted by Gasteiger charge is -2.13. The molecule has 0 unspecified atom stereocenters. The van der Waals surface area contributed by atoms with Crippen molar-refractivity contribution in [3.8, 4) is 5.75 Å². The molecule has 2 aromatic rings. The summed E-state index contributed by atoms with van der Waals surface area (Å²) < 4.78 is 33.0. The van der Waals surface area contributed by atoms with Gasteiger partial charge >= 0.3 is 0 Å². The van der Waals surface area contributed by atoms with Crippen molar-refractivity contribution in [2.45, 2.75) is 25.3 Å². The first-order chi connectivity index (χ1) is 10.8. The van der Waals surface area contributed by atoms with Gasteiger partial charge in [0.05, 0.1) is 11.6 Å². The molecule has 0 heterocycles. The predicted molar refractivity (Wildman–Crippen MR) is 92.8 cm³/mol. The highest BCUT2D eigenvalue weighted by Crippen LogP contribution is 2.28. The summed E-state index contributed by atoms with van der Waals surface area (Å²) in [6.45, 7) is 4.21. The molecule has 0 aliphatic carbocycles. The van der Waals surface area contributed by atoms with E-state index < -0.39 is 10.0 Å². The molecular weight excluding hydrogens is 357 g/mol. The monoisotopic (exact) mass is 373 g/mol. The van der Waals surface area contributed by atoms with E-state index in [0.717, 1.165) is 5.56 Å². The van der Waals surface area contributed by atoms with Gasteiger partial charge in [0, 0.05) is 17.1 Å². The van der Waals surface area contributed by atoms with Gasteiger partial charge in [-0.05, 0) is 37.6 Å². The molecule has 23 heavy (non-hydrogen) atoms. The van der Waals surface area contributed by atoms with Crippen molar-refractivity contribution in [1.82, 2.24) is 4.72 Å². The van der Waals surface area contributed by atoms with Crippen molar-refractivity contribution in [1.29, 1.82) is 0 Å². The fraction of sp³-hybridized carbons (Fsp3) is 0.250. The summed E-state index contributed by atoms with van der Waals surface area (Å²) in [5, 5.41) is 0.516. The zero-order valence-electron chi connectivity index (χ0n) is 12.8. The van der Waals surface area contributed by atoms with E-state index >= 15 is 0 Å². The summed E-state index contributed by atoms with van der Waals surface area (Å²) in [6, 6.07) is 10.2. The van der Waals surface area contributed by atoms with Gasteiger partial charge in [-0.1, -0.05) is 41.4 Å². The third kappa shape index (κ3) is 4.38. The largest absolute Gasteiger partial charge is 0.494 e. The predicted octanol–water partition coefficient (Wildman–Crippen LogP) is 4.18. The van der Waals surface area contributed by atoms with Crippen LogP contribution in [0.5, 0.6) is 5.75 Å². The Bertz CT molecular complexity index is 807. The molecule has 2 aromatic carbocycles. The summed E-state index contributed by atoms with van der Waals surface area (Å²) in [5.41, 5.74) is 1.39. The average molecular weight is 374 g/mol. The van der Waals surface area contributed by atoms with Crippen LogP contribution in [0.3, 0.4) is 0 Å². The van der Waals surface area contributed by atoms with Crippen LogP contribution in [0, 0.1) is 6.92 Å². The molecule has 0 atom stereocenters. The lowest BCUT2D eigenvalue weighted by atomic mass is 10.2. The second kappa shape index (κ2) is 7.53. The number of rotatable bonds is 6. The maximum absolute atomic E-state index is 12.5. The van der Waals surface area contributed by atoms with Crippen LogP contribution in [0.15, 0.2) is 41.3 Å². The maximum Gasteiger partial charge on any atom is 0.242 e.